The normalized spacial score (nSPS) is 33.8. The van der Waals surface area contributed by atoms with Crippen LogP contribution in [0.3, 0.4) is 0 Å². The van der Waals surface area contributed by atoms with Crippen LogP contribution in [0.25, 0.3) is 0 Å². The molecule has 1 aromatic carbocycles. The summed E-state index contributed by atoms with van der Waals surface area (Å²) in [5.41, 5.74) is 0.639. The highest BCUT2D eigenvalue weighted by Gasteiger charge is 2.44. The SMILES string of the molecule is CCC1CC2(CCO1)CC(O)c1ccc(Br)cc1O2. The maximum absolute atomic E-state index is 10.4. The van der Waals surface area contributed by atoms with Gasteiger partial charge in [-0.2, -0.15) is 0 Å². The molecule has 2 heterocycles. The molecule has 3 atom stereocenters. The first-order valence-corrected chi connectivity index (χ1v) is 7.69. The largest absolute Gasteiger partial charge is 0.487 e. The van der Waals surface area contributed by atoms with E-state index in [-0.39, 0.29) is 11.7 Å². The highest BCUT2D eigenvalue weighted by Crippen LogP contribution is 2.45. The Bertz CT molecular complexity index is 476. The fraction of sp³-hybridized carbons (Fsp3) is 0.600. The molecule has 104 valence electrons. The van der Waals surface area contributed by atoms with Gasteiger partial charge in [0.2, 0.25) is 0 Å². The second-order valence-corrected chi connectivity index (χ2v) is 6.46. The molecule has 3 rings (SSSR count). The zero-order valence-corrected chi connectivity index (χ0v) is 12.6. The van der Waals surface area contributed by atoms with Crippen molar-refractivity contribution >= 4 is 15.9 Å². The number of halogens is 1. The molecule has 0 saturated carbocycles. The molecule has 1 fully saturated rings. The van der Waals surface area contributed by atoms with Gasteiger partial charge in [0.15, 0.2) is 0 Å². The van der Waals surface area contributed by atoms with Crippen LogP contribution in [0.5, 0.6) is 5.75 Å². The van der Waals surface area contributed by atoms with Crippen LogP contribution >= 0.6 is 15.9 Å². The molecule has 3 nitrogen and oxygen atoms in total. The molecular formula is C15H19BrO3. The summed E-state index contributed by atoms with van der Waals surface area (Å²) in [5.74, 6) is 0.810. The van der Waals surface area contributed by atoms with Gasteiger partial charge in [-0.05, 0) is 18.6 Å². The van der Waals surface area contributed by atoms with Gasteiger partial charge in [-0.1, -0.05) is 28.9 Å². The Morgan fingerprint density at radius 2 is 2.26 bits per heavy atom. The van der Waals surface area contributed by atoms with E-state index in [4.69, 9.17) is 9.47 Å². The third kappa shape index (κ3) is 2.54. The summed E-state index contributed by atoms with van der Waals surface area (Å²) in [5, 5.41) is 10.4. The van der Waals surface area contributed by atoms with Gasteiger partial charge >= 0.3 is 0 Å². The average molecular weight is 327 g/mol. The topological polar surface area (TPSA) is 38.7 Å². The Hall–Kier alpha value is -0.580. The first-order chi connectivity index (χ1) is 9.12. The molecule has 1 N–H and O–H groups in total. The minimum atomic E-state index is -0.438. The molecule has 4 heteroatoms. The zero-order chi connectivity index (χ0) is 13.5. The van der Waals surface area contributed by atoms with Crippen LogP contribution in [0, 0.1) is 0 Å². The molecule has 2 aliphatic rings. The maximum atomic E-state index is 10.4. The van der Waals surface area contributed by atoms with Crippen molar-refractivity contribution in [2.45, 2.75) is 50.4 Å². The van der Waals surface area contributed by atoms with E-state index in [9.17, 15) is 5.11 Å². The molecule has 0 amide bonds. The summed E-state index contributed by atoms with van der Waals surface area (Å²) >= 11 is 3.46. The van der Waals surface area contributed by atoms with Gasteiger partial charge in [0.05, 0.1) is 18.8 Å². The van der Waals surface area contributed by atoms with Crippen LogP contribution in [0.2, 0.25) is 0 Å². The summed E-state index contributed by atoms with van der Waals surface area (Å²) in [7, 11) is 0. The van der Waals surface area contributed by atoms with E-state index in [1.54, 1.807) is 0 Å². The number of aliphatic hydroxyl groups excluding tert-OH is 1. The lowest BCUT2D eigenvalue weighted by molar-refractivity contribution is -0.116. The number of aliphatic hydroxyl groups is 1. The van der Waals surface area contributed by atoms with Gasteiger partial charge in [0.25, 0.3) is 0 Å². The molecule has 1 saturated heterocycles. The number of rotatable bonds is 1. The number of benzene rings is 1. The molecule has 1 spiro atoms. The second-order valence-electron chi connectivity index (χ2n) is 5.54. The van der Waals surface area contributed by atoms with Crippen LogP contribution in [0.1, 0.15) is 44.3 Å². The van der Waals surface area contributed by atoms with E-state index in [0.717, 1.165) is 35.0 Å². The van der Waals surface area contributed by atoms with Crippen LogP contribution < -0.4 is 4.74 Å². The number of fused-ring (bicyclic) bond motifs is 1. The molecule has 0 bridgehead atoms. The van der Waals surface area contributed by atoms with Gasteiger partial charge in [-0.3, -0.25) is 0 Å². The Morgan fingerprint density at radius 3 is 3.05 bits per heavy atom. The first-order valence-electron chi connectivity index (χ1n) is 6.90. The average Bonchev–Trinajstić information content (AvgIpc) is 2.38. The van der Waals surface area contributed by atoms with Gasteiger partial charge < -0.3 is 14.6 Å². The Morgan fingerprint density at radius 1 is 1.42 bits per heavy atom. The Balaban J connectivity index is 1.90. The lowest BCUT2D eigenvalue weighted by Gasteiger charge is -2.45. The van der Waals surface area contributed by atoms with Gasteiger partial charge in [0, 0.05) is 29.3 Å². The smallest absolute Gasteiger partial charge is 0.127 e. The summed E-state index contributed by atoms with van der Waals surface area (Å²) in [4.78, 5) is 0. The predicted octanol–water partition coefficient (Wildman–Crippen LogP) is 3.59. The van der Waals surface area contributed by atoms with Crippen molar-refractivity contribution in [3.05, 3.63) is 28.2 Å². The molecular weight excluding hydrogens is 308 g/mol. The second kappa shape index (κ2) is 5.08. The van der Waals surface area contributed by atoms with Crippen LogP contribution in [-0.2, 0) is 4.74 Å². The molecule has 19 heavy (non-hydrogen) atoms. The van der Waals surface area contributed by atoms with E-state index in [1.165, 1.54) is 0 Å². The molecule has 0 aromatic heterocycles. The Labute approximate surface area is 122 Å². The van der Waals surface area contributed by atoms with E-state index >= 15 is 0 Å². The van der Waals surface area contributed by atoms with E-state index in [2.05, 4.69) is 22.9 Å². The van der Waals surface area contributed by atoms with Crippen molar-refractivity contribution in [2.75, 3.05) is 6.61 Å². The quantitative estimate of drug-likeness (QED) is 0.857. The van der Waals surface area contributed by atoms with Crippen molar-refractivity contribution < 1.29 is 14.6 Å². The summed E-state index contributed by atoms with van der Waals surface area (Å²) in [6.07, 6.45) is 3.19. The fourth-order valence-electron chi connectivity index (χ4n) is 3.14. The van der Waals surface area contributed by atoms with E-state index in [1.807, 2.05) is 18.2 Å². The fourth-order valence-corrected chi connectivity index (χ4v) is 3.48. The van der Waals surface area contributed by atoms with Gasteiger partial charge in [0.1, 0.15) is 11.4 Å². The van der Waals surface area contributed by atoms with Gasteiger partial charge in [-0.25, -0.2) is 0 Å². The van der Waals surface area contributed by atoms with Crippen LogP contribution in [0.15, 0.2) is 22.7 Å². The predicted molar refractivity (Wildman–Crippen MR) is 76.3 cm³/mol. The number of hydrogen-bond donors (Lipinski definition) is 1. The highest BCUT2D eigenvalue weighted by atomic mass is 79.9. The van der Waals surface area contributed by atoms with Gasteiger partial charge in [-0.15, -0.1) is 0 Å². The maximum Gasteiger partial charge on any atom is 0.127 e. The van der Waals surface area contributed by atoms with E-state index in [0.29, 0.717) is 13.0 Å². The monoisotopic (exact) mass is 326 g/mol. The summed E-state index contributed by atoms with van der Waals surface area (Å²) in [6.45, 7) is 2.85. The van der Waals surface area contributed by atoms with E-state index < -0.39 is 6.10 Å². The van der Waals surface area contributed by atoms with Crippen molar-refractivity contribution in [2.24, 2.45) is 0 Å². The third-order valence-corrected chi connectivity index (χ3v) is 4.69. The summed E-state index contributed by atoms with van der Waals surface area (Å²) in [6, 6.07) is 5.84. The van der Waals surface area contributed by atoms with Crippen molar-refractivity contribution in [1.29, 1.82) is 0 Å². The van der Waals surface area contributed by atoms with Crippen LogP contribution in [-0.4, -0.2) is 23.4 Å². The lowest BCUT2D eigenvalue weighted by atomic mass is 9.80. The summed E-state index contributed by atoms with van der Waals surface area (Å²) < 4.78 is 13.0. The highest BCUT2D eigenvalue weighted by molar-refractivity contribution is 9.10. The minimum Gasteiger partial charge on any atom is -0.487 e. The Kier molecular flexibility index (Phi) is 3.58. The first kappa shape index (κ1) is 13.4. The zero-order valence-electron chi connectivity index (χ0n) is 11.1. The van der Waals surface area contributed by atoms with Crippen molar-refractivity contribution in [3.8, 4) is 5.75 Å². The van der Waals surface area contributed by atoms with Crippen molar-refractivity contribution in [3.63, 3.8) is 0 Å². The third-order valence-electron chi connectivity index (χ3n) is 4.19. The molecule has 2 aliphatic heterocycles. The minimum absolute atomic E-state index is 0.245. The molecule has 0 aliphatic carbocycles. The number of ether oxygens (including phenoxy) is 2. The van der Waals surface area contributed by atoms with Crippen LogP contribution in [0.4, 0.5) is 0 Å². The number of hydrogen-bond acceptors (Lipinski definition) is 3. The standard InChI is InChI=1S/C15H19BrO3/c1-2-11-8-15(5-6-18-11)9-13(17)12-4-3-10(16)7-14(12)19-15/h3-4,7,11,13,17H,2,5-6,8-9H2,1H3. The lowest BCUT2D eigenvalue weighted by Crippen LogP contribution is -2.48. The molecule has 1 aromatic rings. The molecule has 3 unspecified atom stereocenters. The van der Waals surface area contributed by atoms with Crippen molar-refractivity contribution in [1.82, 2.24) is 0 Å². The molecule has 0 radical (unpaired) electrons.